The zero-order chi connectivity index (χ0) is 18.1. The third kappa shape index (κ3) is 2.64. The molecule has 1 heteroatoms. The predicted octanol–water partition coefficient (Wildman–Crippen LogP) is 6.29. The number of benzene rings is 4. The van der Waals surface area contributed by atoms with E-state index in [1.807, 2.05) is 84.9 Å². The van der Waals surface area contributed by atoms with E-state index in [0.29, 0.717) is 11.1 Å². The van der Waals surface area contributed by atoms with Gasteiger partial charge in [0.2, 0.25) is 0 Å². The number of Topliss-reactive ketones (excluding diaryl/α,β-unsaturated/α-hetero) is 1. The molecule has 26 heavy (non-hydrogen) atoms. The second-order valence-corrected chi connectivity index (χ2v) is 6.34. The Balaban J connectivity index is 1.77. The lowest BCUT2D eigenvalue weighted by molar-refractivity contribution is -0.108. The second-order valence-electron chi connectivity index (χ2n) is 6.34. The Kier molecular flexibility index (Phi) is 3.98. The number of carbonyl (C=O) groups is 1. The van der Waals surface area contributed by atoms with Crippen molar-refractivity contribution >= 4 is 38.5 Å². The molecular formula is C25H18O. The molecule has 0 bridgehead atoms. The van der Waals surface area contributed by atoms with Crippen LogP contribution in [0.5, 0.6) is 0 Å². The molecule has 0 fully saturated rings. The summed E-state index contributed by atoms with van der Waals surface area (Å²) in [4.78, 5) is 13.1. The standard InChI is InChI=1S/C25H18O/c1-17(21-15-7-11-19-9-3-5-13-23(19)21)25(26)18(2)22-16-8-12-20-10-4-6-14-24(20)22/h3-16H,1-2H2. The van der Waals surface area contributed by atoms with Gasteiger partial charge in [-0.05, 0) is 32.7 Å². The van der Waals surface area contributed by atoms with Gasteiger partial charge in [0.25, 0.3) is 0 Å². The number of hydrogen-bond acceptors (Lipinski definition) is 1. The lowest BCUT2D eigenvalue weighted by Gasteiger charge is -2.12. The van der Waals surface area contributed by atoms with Crippen molar-refractivity contribution in [1.29, 1.82) is 0 Å². The van der Waals surface area contributed by atoms with E-state index in [9.17, 15) is 4.79 Å². The van der Waals surface area contributed by atoms with Crippen molar-refractivity contribution in [3.8, 4) is 0 Å². The van der Waals surface area contributed by atoms with Crippen LogP contribution < -0.4 is 0 Å². The first-order valence-electron chi connectivity index (χ1n) is 8.55. The first-order chi connectivity index (χ1) is 12.7. The van der Waals surface area contributed by atoms with Gasteiger partial charge in [-0.3, -0.25) is 4.79 Å². The smallest absolute Gasteiger partial charge is 0.193 e. The molecule has 0 aliphatic heterocycles. The van der Waals surface area contributed by atoms with E-state index >= 15 is 0 Å². The van der Waals surface area contributed by atoms with Crippen LogP contribution in [0.4, 0.5) is 0 Å². The number of allylic oxidation sites excluding steroid dienone is 2. The van der Waals surface area contributed by atoms with Crippen LogP contribution in [-0.2, 0) is 4.79 Å². The number of hydrogen-bond donors (Lipinski definition) is 0. The molecule has 0 spiro atoms. The summed E-state index contributed by atoms with van der Waals surface area (Å²) in [6.45, 7) is 8.18. The highest BCUT2D eigenvalue weighted by atomic mass is 16.1. The van der Waals surface area contributed by atoms with Gasteiger partial charge in [0.1, 0.15) is 0 Å². The van der Waals surface area contributed by atoms with Gasteiger partial charge < -0.3 is 0 Å². The van der Waals surface area contributed by atoms with Crippen LogP contribution in [0.15, 0.2) is 98.1 Å². The fraction of sp³-hybridized carbons (Fsp3) is 0. The average molecular weight is 334 g/mol. The van der Waals surface area contributed by atoms with Crippen molar-refractivity contribution in [3.05, 3.63) is 109 Å². The number of carbonyl (C=O) groups excluding carboxylic acids is 1. The van der Waals surface area contributed by atoms with E-state index in [4.69, 9.17) is 0 Å². The van der Waals surface area contributed by atoms with Gasteiger partial charge in [-0.25, -0.2) is 0 Å². The van der Waals surface area contributed by atoms with Gasteiger partial charge in [0.15, 0.2) is 5.78 Å². The van der Waals surface area contributed by atoms with Crippen molar-refractivity contribution < 1.29 is 4.79 Å². The molecule has 0 amide bonds. The summed E-state index contributed by atoms with van der Waals surface area (Å²) in [5, 5.41) is 4.24. The predicted molar refractivity (Wildman–Crippen MR) is 111 cm³/mol. The lowest BCUT2D eigenvalue weighted by atomic mass is 9.90. The zero-order valence-electron chi connectivity index (χ0n) is 14.4. The third-order valence-corrected chi connectivity index (χ3v) is 4.78. The fourth-order valence-electron chi connectivity index (χ4n) is 3.40. The first kappa shape index (κ1) is 16.0. The lowest BCUT2D eigenvalue weighted by Crippen LogP contribution is -2.04. The topological polar surface area (TPSA) is 17.1 Å². The molecule has 1 nitrogen and oxygen atoms in total. The van der Waals surface area contributed by atoms with Crippen LogP contribution in [-0.4, -0.2) is 5.78 Å². The number of fused-ring (bicyclic) bond motifs is 2. The van der Waals surface area contributed by atoms with Crippen molar-refractivity contribution in [1.82, 2.24) is 0 Å². The maximum Gasteiger partial charge on any atom is 0.193 e. The minimum atomic E-state index is -0.127. The molecule has 4 aromatic carbocycles. The molecular weight excluding hydrogens is 316 g/mol. The van der Waals surface area contributed by atoms with Crippen LogP contribution >= 0.6 is 0 Å². The quantitative estimate of drug-likeness (QED) is 0.401. The number of ketones is 1. The van der Waals surface area contributed by atoms with Crippen molar-refractivity contribution in [2.45, 2.75) is 0 Å². The highest BCUT2D eigenvalue weighted by Crippen LogP contribution is 2.31. The maximum atomic E-state index is 13.1. The molecule has 4 rings (SSSR count). The minimum Gasteiger partial charge on any atom is -0.289 e. The summed E-state index contributed by atoms with van der Waals surface area (Å²) < 4.78 is 0. The molecule has 124 valence electrons. The largest absolute Gasteiger partial charge is 0.289 e. The molecule has 0 atom stereocenters. The molecule has 0 unspecified atom stereocenters. The Bertz CT molecular complexity index is 1080. The van der Waals surface area contributed by atoms with Crippen LogP contribution in [0.1, 0.15) is 11.1 Å². The maximum absolute atomic E-state index is 13.1. The van der Waals surface area contributed by atoms with Crippen LogP contribution in [0, 0.1) is 0 Å². The van der Waals surface area contributed by atoms with Gasteiger partial charge in [-0.2, -0.15) is 0 Å². The van der Waals surface area contributed by atoms with Gasteiger partial charge in [0, 0.05) is 11.1 Å². The first-order valence-corrected chi connectivity index (χ1v) is 8.55. The van der Waals surface area contributed by atoms with Crippen molar-refractivity contribution in [3.63, 3.8) is 0 Å². The summed E-state index contributed by atoms with van der Waals surface area (Å²) >= 11 is 0. The van der Waals surface area contributed by atoms with Crippen molar-refractivity contribution in [2.24, 2.45) is 0 Å². The van der Waals surface area contributed by atoms with Crippen LogP contribution in [0.25, 0.3) is 32.7 Å². The molecule has 0 aromatic heterocycles. The van der Waals surface area contributed by atoms with Gasteiger partial charge in [-0.15, -0.1) is 0 Å². The average Bonchev–Trinajstić information content (AvgIpc) is 2.71. The normalized spacial score (nSPS) is 10.8. The molecule has 0 aliphatic carbocycles. The SMILES string of the molecule is C=C(C(=O)C(=C)c1cccc2ccccc12)c1cccc2ccccc12. The summed E-state index contributed by atoms with van der Waals surface area (Å²) in [6.07, 6.45) is 0. The van der Waals surface area contributed by atoms with Crippen molar-refractivity contribution in [2.75, 3.05) is 0 Å². The van der Waals surface area contributed by atoms with E-state index in [0.717, 1.165) is 32.7 Å². The van der Waals surface area contributed by atoms with E-state index in [1.165, 1.54) is 0 Å². The Hall–Kier alpha value is -3.45. The monoisotopic (exact) mass is 334 g/mol. The summed E-state index contributed by atoms with van der Waals surface area (Å²) in [7, 11) is 0. The second kappa shape index (κ2) is 6.45. The highest BCUT2D eigenvalue weighted by molar-refractivity contribution is 6.43. The van der Waals surface area contributed by atoms with E-state index < -0.39 is 0 Å². The Morgan fingerprint density at radius 1 is 0.538 bits per heavy atom. The molecule has 0 saturated carbocycles. The van der Waals surface area contributed by atoms with Gasteiger partial charge >= 0.3 is 0 Å². The summed E-state index contributed by atoms with van der Waals surface area (Å²) in [5.74, 6) is -0.127. The van der Waals surface area contributed by atoms with E-state index in [-0.39, 0.29) is 5.78 Å². The van der Waals surface area contributed by atoms with Crippen LogP contribution in [0.3, 0.4) is 0 Å². The van der Waals surface area contributed by atoms with Gasteiger partial charge in [-0.1, -0.05) is 98.1 Å². The Labute approximate surface area is 152 Å². The number of rotatable bonds is 4. The van der Waals surface area contributed by atoms with E-state index in [1.54, 1.807) is 0 Å². The van der Waals surface area contributed by atoms with E-state index in [2.05, 4.69) is 13.2 Å². The Morgan fingerprint density at radius 2 is 0.923 bits per heavy atom. The highest BCUT2D eigenvalue weighted by Gasteiger charge is 2.18. The molecule has 0 heterocycles. The molecule has 4 aromatic rings. The van der Waals surface area contributed by atoms with Gasteiger partial charge in [0.05, 0.1) is 0 Å². The molecule has 0 radical (unpaired) electrons. The molecule has 0 N–H and O–H groups in total. The summed E-state index contributed by atoms with van der Waals surface area (Å²) in [5.41, 5.74) is 2.66. The van der Waals surface area contributed by atoms with Crippen LogP contribution in [0.2, 0.25) is 0 Å². The third-order valence-electron chi connectivity index (χ3n) is 4.78. The zero-order valence-corrected chi connectivity index (χ0v) is 14.4. The molecule has 0 saturated heterocycles. The summed E-state index contributed by atoms with van der Waals surface area (Å²) in [6, 6.07) is 27.9. The minimum absolute atomic E-state index is 0.127. The Morgan fingerprint density at radius 3 is 1.38 bits per heavy atom. The molecule has 0 aliphatic rings. The fourth-order valence-corrected chi connectivity index (χ4v) is 3.40.